The van der Waals surface area contributed by atoms with E-state index in [-0.39, 0.29) is 17.4 Å². The zero-order chi connectivity index (χ0) is 23.9. The van der Waals surface area contributed by atoms with Gasteiger partial charge in [-0.1, -0.05) is 42.5 Å². The van der Waals surface area contributed by atoms with Crippen molar-refractivity contribution in [2.75, 3.05) is 5.32 Å². The minimum Gasteiger partial charge on any atom is -0.423 e. The standard InChI is InChI=1S/C27H18N4O4/c32-27(18-6-5-7-19(16-18)31(33)34)35-20-14-12-17(13-15-20)25-28-22-9-2-1-8-21(22)26-29-23-10-3-4-11-24(23)30(25)26/h1-16,25,28H/t25-/m0/s1. The number of fused-ring (bicyclic) bond motifs is 5. The number of para-hydroxylation sites is 3. The number of hydrogen-bond donors (Lipinski definition) is 1. The molecule has 8 nitrogen and oxygen atoms in total. The van der Waals surface area contributed by atoms with Crippen LogP contribution in [0.25, 0.3) is 22.4 Å². The van der Waals surface area contributed by atoms with Crippen LogP contribution < -0.4 is 10.1 Å². The van der Waals surface area contributed by atoms with E-state index in [0.717, 1.165) is 33.7 Å². The van der Waals surface area contributed by atoms with Crippen molar-refractivity contribution in [1.82, 2.24) is 9.55 Å². The Morgan fingerprint density at radius 3 is 2.54 bits per heavy atom. The second-order valence-corrected chi connectivity index (χ2v) is 8.15. The molecule has 8 heteroatoms. The zero-order valence-electron chi connectivity index (χ0n) is 18.3. The van der Waals surface area contributed by atoms with Crippen molar-refractivity contribution in [1.29, 1.82) is 0 Å². The van der Waals surface area contributed by atoms with Gasteiger partial charge in [-0.05, 0) is 48.0 Å². The smallest absolute Gasteiger partial charge is 0.343 e. The Morgan fingerprint density at radius 1 is 0.943 bits per heavy atom. The van der Waals surface area contributed by atoms with Gasteiger partial charge in [-0.2, -0.15) is 0 Å². The number of hydrogen-bond acceptors (Lipinski definition) is 6. The van der Waals surface area contributed by atoms with Crippen molar-refractivity contribution in [2.24, 2.45) is 0 Å². The highest BCUT2D eigenvalue weighted by Gasteiger charge is 2.28. The van der Waals surface area contributed by atoms with Crippen LogP contribution in [0.1, 0.15) is 22.1 Å². The predicted molar refractivity (Wildman–Crippen MR) is 131 cm³/mol. The maximum Gasteiger partial charge on any atom is 0.343 e. The van der Waals surface area contributed by atoms with Gasteiger partial charge >= 0.3 is 5.97 Å². The van der Waals surface area contributed by atoms with E-state index in [2.05, 4.69) is 9.88 Å². The molecule has 0 saturated heterocycles. The largest absolute Gasteiger partial charge is 0.423 e. The summed E-state index contributed by atoms with van der Waals surface area (Å²) in [5, 5.41) is 14.6. The fourth-order valence-electron chi connectivity index (χ4n) is 4.37. The van der Waals surface area contributed by atoms with E-state index < -0.39 is 10.9 Å². The van der Waals surface area contributed by atoms with Crippen molar-refractivity contribution in [2.45, 2.75) is 6.17 Å². The lowest BCUT2D eigenvalue weighted by molar-refractivity contribution is -0.384. The van der Waals surface area contributed by atoms with Gasteiger partial charge in [0.05, 0.1) is 21.5 Å². The maximum atomic E-state index is 12.5. The minimum atomic E-state index is -0.658. The number of nitrogens with zero attached hydrogens (tertiary/aromatic N) is 3. The molecular weight excluding hydrogens is 444 g/mol. The van der Waals surface area contributed by atoms with E-state index in [1.807, 2.05) is 60.7 Å². The molecule has 170 valence electrons. The highest BCUT2D eigenvalue weighted by molar-refractivity contribution is 5.91. The first kappa shape index (κ1) is 20.6. The SMILES string of the molecule is O=C(Oc1ccc([C@H]2Nc3ccccc3-c3nc4ccccc4n32)cc1)c1cccc([N+](=O)[O-])c1. The second kappa shape index (κ2) is 8.11. The van der Waals surface area contributed by atoms with Gasteiger partial charge in [0.15, 0.2) is 0 Å². The zero-order valence-corrected chi connectivity index (χ0v) is 18.3. The van der Waals surface area contributed by atoms with Crippen LogP contribution in [0.3, 0.4) is 0 Å². The molecule has 0 bridgehead atoms. The quantitative estimate of drug-likeness (QED) is 0.157. The van der Waals surface area contributed by atoms with Gasteiger partial charge in [-0.3, -0.25) is 14.7 Å². The van der Waals surface area contributed by atoms with E-state index in [1.165, 1.54) is 24.3 Å². The number of nitrogens with one attached hydrogen (secondary N) is 1. The van der Waals surface area contributed by atoms with Crippen LogP contribution in [-0.2, 0) is 0 Å². The Bertz CT molecular complexity index is 1610. The molecule has 35 heavy (non-hydrogen) atoms. The highest BCUT2D eigenvalue weighted by Crippen LogP contribution is 2.40. The van der Waals surface area contributed by atoms with Crippen LogP contribution >= 0.6 is 0 Å². The Hall–Kier alpha value is -4.98. The molecular formula is C27H18N4O4. The van der Waals surface area contributed by atoms with Crippen molar-refractivity contribution in [3.8, 4) is 17.1 Å². The first-order valence-electron chi connectivity index (χ1n) is 11.0. The number of ether oxygens (including phenoxy) is 1. The molecule has 1 aliphatic heterocycles. The lowest BCUT2D eigenvalue weighted by Crippen LogP contribution is -2.24. The predicted octanol–water partition coefficient (Wildman–Crippen LogP) is 5.80. The number of aromatic nitrogens is 2. The number of carbonyl (C=O) groups is 1. The van der Waals surface area contributed by atoms with E-state index in [9.17, 15) is 14.9 Å². The number of nitro benzene ring substituents is 1. The van der Waals surface area contributed by atoms with E-state index >= 15 is 0 Å². The lowest BCUT2D eigenvalue weighted by atomic mass is 10.1. The van der Waals surface area contributed by atoms with Crippen molar-refractivity contribution < 1.29 is 14.5 Å². The third-order valence-corrected chi connectivity index (χ3v) is 6.01. The number of non-ortho nitro benzene ring substituents is 1. The third kappa shape index (κ3) is 3.57. The molecule has 5 aromatic rings. The summed E-state index contributed by atoms with van der Waals surface area (Å²) in [6.07, 6.45) is -0.214. The van der Waals surface area contributed by atoms with Crippen LogP contribution in [0, 0.1) is 10.1 Å². The summed E-state index contributed by atoms with van der Waals surface area (Å²) in [4.78, 5) is 27.8. The van der Waals surface area contributed by atoms with Crippen molar-refractivity contribution >= 4 is 28.4 Å². The molecule has 1 atom stereocenters. The fourth-order valence-corrected chi connectivity index (χ4v) is 4.37. The number of benzene rings is 4. The summed E-state index contributed by atoms with van der Waals surface area (Å²) in [5.41, 5.74) is 4.84. The van der Waals surface area contributed by atoms with E-state index in [0.29, 0.717) is 5.75 Å². The van der Waals surface area contributed by atoms with Gasteiger partial charge in [0.1, 0.15) is 17.7 Å². The molecule has 0 fully saturated rings. The first-order chi connectivity index (χ1) is 17.1. The van der Waals surface area contributed by atoms with E-state index in [4.69, 9.17) is 9.72 Å². The monoisotopic (exact) mass is 462 g/mol. The number of imidazole rings is 1. The summed E-state index contributed by atoms with van der Waals surface area (Å²) < 4.78 is 7.63. The van der Waals surface area contributed by atoms with Crippen LogP contribution in [-0.4, -0.2) is 20.4 Å². The molecule has 0 spiro atoms. The molecule has 6 rings (SSSR count). The third-order valence-electron chi connectivity index (χ3n) is 6.01. The summed E-state index contributed by atoms with van der Waals surface area (Å²) in [6.45, 7) is 0. The van der Waals surface area contributed by atoms with Crippen LogP contribution in [0.4, 0.5) is 11.4 Å². The average Bonchev–Trinajstić information content (AvgIpc) is 3.29. The number of carbonyl (C=O) groups excluding carboxylic acids is 1. The van der Waals surface area contributed by atoms with Crippen molar-refractivity contribution in [3.05, 3.63) is 118 Å². The molecule has 1 N–H and O–H groups in total. The lowest BCUT2D eigenvalue weighted by Gasteiger charge is -2.30. The van der Waals surface area contributed by atoms with Crippen molar-refractivity contribution in [3.63, 3.8) is 0 Å². The summed E-state index contributed by atoms with van der Waals surface area (Å²) in [7, 11) is 0. The summed E-state index contributed by atoms with van der Waals surface area (Å²) in [5.74, 6) is 0.568. The normalized spacial score (nSPS) is 14.0. The molecule has 1 aromatic heterocycles. The Labute approximate surface area is 199 Å². The van der Waals surface area contributed by atoms with Crippen LogP contribution in [0.2, 0.25) is 0 Å². The van der Waals surface area contributed by atoms with Crippen LogP contribution in [0.15, 0.2) is 97.1 Å². The molecule has 0 amide bonds. The minimum absolute atomic E-state index is 0.114. The molecule has 4 aromatic carbocycles. The Morgan fingerprint density at radius 2 is 1.71 bits per heavy atom. The molecule has 0 aliphatic carbocycles. The van der Waals surface area contributed by atoms with Crippen LogP contribution in [0.5, 0.6) is 5.75 Å². The van der Waals surface area contributed by atoms with Gasteiger partial charge < -0.3 is 10.1 Å². The molecule has 0 unspecified atom stereocenters. The second-order valence-electron chi connectivity index (χ2n) is 8.15. The van der Waals surface area contributed by atoms with Gasteiger partial charge in [-0.15, -0.1) is 0 Å². The Balaban J connectivity index is 1.32. The number of nitro groups is 1. The first-order valence-corrected chi connectivity index (χ1v) is 11.0. The summed E-state index contributed by atoms with van der Waals surface area (Å²) >= 11 is 0. The van der Waals surface area contributed by atoms with E-state index in [1.54, 1.807) is 12.1 Å². The molecule has 2 heterocycles. The topological polar surface area (TPSA) is 99.3 Å². The number of rotatable bonds is 4. The van der Waals surface area contributed by atoms with Gasteiger partial charge in [0, 0.05) is 23.4 Å². The maximum absolute atomic E-state index is 12.5. The molecule has 1 aliphatic rings. The van der Waals surface area contributed by atoms with Gasteiger partial charge in [-0.25, -0.2) is 9.78 Å². The summed E-state index contributed by atoms with van der Waals surface area (Å²) in [6, 6.07) is 28.7. The van der Waals surface area contributed by atoms with Gasteiger partial charge in [0.25, 0.3) is 5.69 Å². The molecule has 0 saturated carbocycles. The number of anilines is 1. The average molecular weight is 462 g/mol. The number of esters is 1. The van der Waals surface area contributed by atoms with Gasteiger partial charge in [0.2, 0.25) is 0 Å². The highest BCUT2D eigenvalue weighted by atomic mass is 16.6. The Kier molecular flexibility index (Phi) is 4.77. The molecule has 0 radical (unpaired) electrons. The fraction of sp³-hybridized carbons (Fsp3) is 0.0370.